The van der Waals surface area contributed by atoms with Gasteiger partial charge in [-0.15, -0.1) is 0 Å². The molecule has 0 spiro atoms. The Morgan fingerprint density at radius 3 is 1.22 bits per heavy atom. The highest BCUT2D eigenvalue weighted by Crippen LogP contribution is 2.06. The zero-order chi connectivity index (χ0) is 27.3. The first kappa shape index (κ1) is 31.2. The lowest BCUT2D eigenvalue weighted by Gasteiger charge is -2.32. The van der Waals surface area contributed by atoms with Gasteiger partial charge in [-0.05, 0) is 20.8 Å². The average molecular weight is 518 g/mol. The van der Waals surface area contributed by atoms with Crippen molar-refractivity contribution < 1.29 is 44.0 Å². The summed E-state index contributed by atoms with van der Waals surface area (Å²) in [6.45, 7) is 6.43. The van der Waals surface area contributed by atoms with Gasteiger partial charge in [-0.3, -0.25) is 43.6 Å². The van der Waals surface area contributed by atoms with Crippen molar-refractivity contribution in [2.24, 2.45) is 0 Å². The summed E-state index contributed by atoms with van der Waals surface area (Å²) < 4.78 is 5.17. The van der Waals surface area contributed by atoms with Crippen LogP contribution in [-0.2, 0) is 28.7 Å². The minimum absolute atomic E-state index is 0.0737. The lowest BCUT2D eigenvalue weighted by atomic mass is 10.2. The van der Waals surface area contributed by atoms with E-state index in [0.717, 1.165) is 0 Å². The molecule has 0 unspecified atom stereocenters. The molecule has 0 aromatic rings. The molecule has 0 aromatic carbocycles. The fraction of sp³-hybridized carbons (Fsp3) is 0.773. The van der Waals surface area contributed by atoms with E-state index in [2.05, 4.69) is 5.32 Å². The summed E-state index contributed by atoms with van der Waals surface area (Å²) in [5.41, 5.74) is -0.680. The first-order valence-electron chi connectivity index (χ1n) is 11.8. The number of rotatable bonds is 10. The number of aliphatic carboxylic acids is 3. The molecule has 0 aromatic heterocycles. The predicted octanol–water partition coefficient (Wildman–Crippen LogP) is -2.08. The SMILES string of the molecule is CC(C)(C)OC(=O)CNC(=O)CN1CCN(CC(=O)O)CCN(CC(=O)O)CCN(CC(=O)O)CC1. The third-order valence-electron chi connectivity index (χ3n) is 5.22. The molecule has 0 atom stereocenters. The van der Waals surface area contributed by atoms with E-state index in [1.54, 1.807) is 40.4 Å². The molecule has 36 heavy (non-hydrogen) atoms. The maximum atomic E-state index is 12.5. The molecule has 14 heteroatoms. The van der Waals surface area contributed by atoms with Gasteiger partial charge < -0.3 is 25.4 Å². The van der Waals surface area contributed by atoms with Crippen molar-refractivity contribution in [2.45, 2.75) is 26.4 Å². The van der Waals surface area contributed by atoms with Crippen molar-refractivity contribution >= 4 is 29.8 Å². The third kappa shape index (κ3) is 15.2. The predicted molar refractivity (Wildman–Crippen MR) is 128 cm³/mol. The van der Waals surface area contributed by atoms with Gasteiger partial charge in [0.1, 0.15) is 12.1 Å². The van der Waals surface area contributed by atoms with Gasteiger partial charge in [0.15, 0.2) is 0 Å². The number of hydrogen-bond donors (Lipinski definition) is 4. The van der Waals surface area contributed by atoms with E-state index >= 15 is 0 Å². The Bertz CT molecular complexity index is 739. The second-order valence-electron chi connectivity index (χ2n) is 9.65. The first-order valence-corrected chi connectivity index (χ1v) is 11.8. The van der Waals surface area contributed by atoms with E-state index in [9.17, 15) is 39.3 Å². The number of carbonyl (C=O) groups excluding carboxylic acids is 2. The van der Waals surface area contributed by atoms with Crippen LogP contribution in [0.4, 0.5) is 0 Å². The highest BCUT2D eigenvalue weighted by atomic mass is 16.6. The Labute approximate surface area is 210 Å². The van der Waals surface area contributed by atoms with E-state index in [1.165, 1.54) is 0 Å². The minimum atomic E-state index is -1.03. The smallest absolute Gasteiger partial charge is 0.325 e. The molecule has 4 N–H and O–H groups in total. The molecule has 0 bridgehead atoms. The lowest BCUT2D eigenvalue weighted by Crippen LogP contribution is -2.50. The molecule has 206 valence electrons. The quantitative estimate of drug-likeness (QED) is 0.232. The van der Waals surface area contributed by atoms with Crippen LogP contribution >= 0.6 is 0 Å². The van der Waals surface area contributed by atoms with Crippen LogP contribution in [0.1, 0.15) is 20.8 Å². The number of hydrogen-bond acceptors (Lipinski definition) is 10. The summed E-state index contributed by atoms with van der Waals surface area (Å²) in [4.78, 5) is 65.0. The van der Waals surface area contributed by atoms with Crippen LogP contribution in [-0.4, -0.2) is 155 Å². The zero-order valence-corrected chi connectivity index (χ0v) is 21.3. The molecule has 1 saturated heterocycles. The molecule has 1 amide bonds. The molecular weight excluding hydrogens is 478 g/mol. The highest BCUT2D eigenvalue weighted by molar-refractivity contribution is 5.83. The average Bonchev–Trinajstić information content (AvgIpc) is 2.71. The second-order valence-corrected chi connectivity index (χ2v) is 9.65. The summed E-state index contributed by atoms with van der Waals surface area (Å²) >= 11 is 0. The van der Waals surface area contributed by atoms with Crippen LogP contribution in [0.5, 0.6) is 0 Å². The standard InChI is InChI=1S/C22H39N5O9/c1-22(2,3)36-21(35)12-23-17(28)13-24-4-6-25(14-18(29)30)8-10-27(16-20(33)34)11-9-26(7-5-24)15-19(31)32/h4-16H2,1-3H3,(H,23,28)(H,29,30)(H,31,32)(H,33,34). The summed E-state index contributed by atoms with van der Waals surface area (Å²) in [7, 11) is 0. The number of amides is 1. The molecule has 1 heterocycles. The number of carboxylic acid groups (broad SMARTS) is 3. The van der Waals surface area contributed by atoms with E-state index in [0.29, 0.717) is 26.2 Å². The van der Waals surface area contributed by atoms with E-state index < -0.39 is 35.4 Å². The van der Waals surface area contributed by atoms with Gasteiger partial charge in [0, 0.05) is 52.4 Å². The second kappa shape index (κ2) is 15.3. The summed E-state index contributed by atoms with van der Waals surface area (Å²) in [6, 6.07) is 0. The van der Waals surface area contributed by atoms with Gasteiger partial charge in [-0.2, -0.15) is 0 Å². The Balaban J connectivity index is 2.88. The number of nitrogens with zero attached hydrogens (tertiary/aromatic N) is 4. The normalized spacial score (nSPS) is 18.0. The van der Waals surface area contributed by atoms with Crippen LogP contribution < -0.4 is 5.32 Å². The lowest BCUT2D eigenvalue weighted by molar-refractivity contribution is -0.154. The van der Waals surface area contributed by atoms with Gasteiger partial charge >= 0.3 is 23.9 Å². The van der Waals surface area contributed by atoms with Crippen molar-refractivity contribution in [3.63, 3.8) is 0 Å². The van der Waals surface area contributed by atoms with E-state index in [1.807, 2.05) is 0 Å². The molecule has 1 aliphatic rings. The van der Waals surface area contributed by atoms with Crippen molar-refractivity contribution in [3.8, 4) is 0 Å². The molecule has 0 saturated carbocycles. The summed E-state index contributed by atoms with van der Waals surface area (Å²) in [5, 5.41) is 30.2. The van der Waals surface area contributed by atoms with Gasteiger partial charge in [-0.25, -0.2) is 0 Å². The molecule has 1 fully saturated rings. The van der Waals surface area contributed by atoms with Crippen LogP contribution in [0, 0.1) is 0 Å². The molecule has 14 nitrogen and oxygen atoms in total. The highest BCUT2D eigenvalue weighted by Gasteiger charge is 2.22. The zero-order valence-electron chi connectivity index (χ0n) is 21.3. The van der Waals surface area contributed by atoms with Crippen LogP contribution in [0.15, 0.2) is 0 Å². The monoisotopic (exact) mass is 517 g/mol. The van der Waals surface area contributed by atoms with Gasteiger partial charge in [0.05, 0.1) is 26.2 Å². The van der Waals surface area contributed by atoms with E-state index in [4.69, 9.17) is 4.74 Å². The minimum Gasteiger partial charge on any atom is -0.480 e. The number of carbonyl (C=O) groups is 5. The maximum Gasteiger partial charge on any atom is 0.325 e. The van der Waals surface area contributed by atoms with E-state index in [-0.39, 0.29) is 58.9 Å². The molecule has 0 aliphatic carbocycles. The van der Waals surface area contributed by atoms with Gasteiger partial charge in [-0.1, -0.05) is 0 Å². The van der Waals surface area contributed by atoms with Crippen molar-refractivity contribution in [1.29, 1.82) is 0 Å². The Hall–Kier alpha value is -2.81. The Morgan fingerprint density at radius 2 is 0.944 bits per heavy atom. The van der Waals surface area contributed by atoms with Crippen LogP contribution in [0.25, 0.3) is 0 Å². The van der Waals surface area contributed by atoms with Crippen LogP contribution in [0.2, 0.25) is 0 Å². The van der Waals surface area contributed by atoms with Crippen molar-refractivity contribution in [2.75, 3.05) is 85.1 Å². The third-order valence-corrected chi connectivity index (χ3v) is 5.22. The molecule has 1 aliphatic heterocycles. The molecule has 1 rings (SSSR count). The van der Waals surface area contributed by atoms with Gasteiger partial charge in [0.25, 0.3) is 0 Å². The van der Waals surface area contributed by atoms with Gasteiger partial charge in [0.2, 0.25) is 5.91 Å². The first-order chi connectivity index (χ1) is 16.7. The largest absolute Gasteiger partial charge is 0.480 e. The number of nitrogens with one attached hydrogen (secondary N) is 1. The number of esters is 1. The molecular formula is C22H39N5O9. The Kier molecular flexibility index (Phi) is 13.3. The number of carboxylic acids is 3. The fourth-order valence-corrected chi connectivity index (χ4v) is 3.59. The maximum absolute atomic E-state index is 12.5. The molecule has 0 radical (unpaired) electrons. The summed E-state index contributed by atoms with van der Waals surface area (Å²) in [6.07, 6.45) is 0. The fourth-order valence-electron chi connectivity index (χ4n) is 3.59. The van der Waals surface area contributed by atoms with Crippen molar-refractivity contribution in [3.05, 3.63) is 0 Å². The Morgan fingerprint density at radius 1 is 0.639 bits per heavy atom. The van der Waals surface area contributed by atoms with Crippen LogP contribution in [0.3, 0.4) is 0 Å². The topological polar surface area (TPSA) is 180 Å². The summed E-state index contributed by atoms with van der Waals surface area (Å²) in [5.74, 6) is -4.08. The van der Waals surface area contributed by atoms with Crippen molar-refractivity contribution in [1.82, 2.24) is 24.9 Å². The number of ether oxygens (including phenoxy) is 1.